The Morgan fingerprint density at radius 3 is 2.47 bits per heavy atom. The van der Waals surface area contributed by atoms with E-state index in [0.717, 1.165) is 5.56 Å². The summed E-state index contributed by atoms with van der Waals surface area (Å²) < 4.78 is 22.2. The number of anilines is 1. The summed E-state index contributed by atoms with van der Waals surface area (Å²) in [6.45, 7) is 1.46. The second kappa shape index (κ2) is 9.89. The van der Waals surface area contributed by atoms with Gasteiger partial charge in [0.2, 0.25) is 11.2 Å². The number of amides is 1. The molecule has 174 valence electrons. The summed E-state index contributed by atoms with van der Waals surface area (Å²) in [5.74, 6) is 0.692. The topological polar surface area (TPSA) is 87.0 Å². The minimum Gasteiger partial charge on any atom is -0.497 e. The third kappa shape index (κ3) is 4.84. The lowest BCUT2D eigenvalue weighted by atomic mass is 10.1. The Kier molecular flexibility index (Phi) is 6.75. The minimum atomic E-state index is -0.478. The van der Waals surface area contributed by atoms with Crippen LogP contribution in [0.1, 0.15) is 5.56 Å². The summed E-state index contributed by atoms with van der Waals surface area (Å²) >= 11 is 6.01. The lowest BCUT2D eigenvalue weighted by Gasteiger charge is -2.14. The molecule has 0 radical (unpaired) electrons. The number of hydrogen-bond donors (Lipinski definition) is 1. The Balaban J connectivity index is 1.66. The third-order valence-electron chi connectivity index (χ3n) is 5.14. The summed E-state index contributed by atoms with van der Waals surface area (Å²) in [6, 6.07) is 17.1. The van der Waals surface area contributed by atoms with Gasteiger partial charge in [-0.25, -0.2) is 0 Å². The molecule has 0 bridgehead atoms. The molecule has 7 nitrogen and oxygen atoms in total. The number of methoxy groups -OCH3 is 2. The van der Waals surface area contributed by atoms with Gasteiger partial charge in [-0.1, -0.05) is 23.2 Å². The highest BCUT2D eigenvalue weighted by molar-refractivity contribution is 6.30. The first-order valence-corrected chi connectivity index (χ1v) is 10.8. The molecule has 0 atom stereocenters. The minimum absolute atomic E-state index is 0.0581. The van der Waals surface area contributed by atoms with E-state index in [1.807, 2.05) is 13.0 Å². The monoisotopic (exact) mass is 479 g/mol. The molecule has 0 unspecified atom stereocenters. The van der Waals surface area contributed by atoms with Gasteiger partial charge in [-0.05, 0) is 55.5 Å². The maximum atomic E-state index is 13.3. The number of rotatable bonds is 7. The number of fused-ring (bicyclic) bond motifs is 1. The molecular formula is C26H22ClNO6. The zero-order valence-electron chi connectivity index (χ0n) is 18.8. The van der Waals surface area contributed by atoms with E-state index in [9.17, 15) is 9.59 Å². The predicted octanol–water partition coefficient (Wildman–Crippen LogP) is 5.46. The first-order valence-electron chi connectivity index (χ1n) is 10.4. The van der Waals surface area contributed by atoms with Crippen LogP contribution >= 0.6 is 11.6 Å². The van der Waals surface area contributed by atoms with Crippen LogP contribution in [-0.2, 0) is 4.79 Å². The fourth-order valence-corrected chi connectivity index (χ4v) is 3.57. The van der Waals surface area contributed by atoms with Crippen LogP contribution in [0.5, 0.6) is 17.2 Å². The summed E-state index contributed by atoms with van der Waals surface area (Å²) in [4.78, 5) is 26.0. The predicted molar refractivity (Wildman–Crippen MR) is 131 cm³/mol. The third-order valence-corrected chi connectivity index (χ3v) is 5.39. The van der Waals surface area contributed by atoms with Gasteiger partial charge in [-0.2, -0.15) is 0 Å². The van der Waals surface area contributed by atoms with Crippen molar-refractivity contribution in [3.05, 3.63) is 81.5 Å². The molecule has 0 aliphatic rings. The molecule has 0 saturated heterocycles. The molecule has 1 aromatic heterocycles. The summed E-state index contributed by atoms with van der Waals surface area (Å²) in [5, 5.41) is 3.63. The highest BCUT2D eigenvalue weighted by Gasteiger charge is 2.19. The fourth-order valence-electron chi connectivity index (χ4n) is 3.44. The normalized spacial score (nSPS) is 10.7. The van der Waals surface area contributed by atoms with Gasteiger partial charge in [0.15, 0.2) is 12.4 Å². The number of carbonyl (C=O) groups excluding carboxylic acids is 1. The molecule has 0 aliphatic heterocycles. The molecule has 0 saturated carbocycles. The van der Waals surface area contributed by atoms with Gasteiger partial charge < -0.3 is 23.9 Å². The first kappa shape index (κ1) is 23.2. The Hall–Kier alpha value is -3.97. The van der Waals surface area contributed by atoms with E-state index in [0.29, 0.717) is 38.7 Å². The molecule has 1 N–H and O–H groups in total. The highest BCUT2D eigenvalue weighted by atomic mass is 35.5. The quantitative estimate of drug-likeness (QED) is 0.379. The second-order valence-corrected chi connectivity index (χ2v) is 7.94. The Bertz CT molecular complexity index is 1410. The largest absolute Gasteiger partial charge is 0.497 e. The SMILES string of the molecule is COc1ccc(NC(=O)COc2c(-c3ccc(Cl)cc3)oc3ccc(C)cc3c2=O)c(OC)c1. The number of carbonyl (C=O) groups is 1. The van der Waals surface area contributed by atoms with Crippen molar-refractivity contribution in [3.8, 4) is 28.6 Å². The standard InChI is InChI=1S/C26H22ClNO6/c1-15-4-11-21-19(12-15)24(30)26(25(34-21)16-5-7-17(27)8-6-16)33-14-23(29)28-20-10-9-18(31-2)13-22(20)32-3/h4-13H,14H2,1-3H3,(H,28,29). The maximum absolute atomic E-state index is 13.3. The van der Waals surface area contributed by atoms with Crippen LogP contribution in [0.25, 0.3) is 22.3 Å². The van der Waals surface area contributed by atoms with Crippen molar-refractivity contribution in [1.29, 1.82) is 0 Å². The number of ether oxygens (including phenoxy) is 3. The zero-order chi connectivity index (χ0) is 24.2. The smallest absolute Gasteiger partial charge is 0.262 e. The average molecular weight is 480 g/mol. The zero-order valence-corrected chi connectivity index (χ0v) is 19.6. The number of benzene rings is 3. The van der Waals surface area contributed by atoms with E-state index >= 15 is 0 Å². The van der Waals surface area contributed by atoms with Crippen molar-refractivity contribution in [3.63, 3.8) is 0 Å². The van der Waals surface area contributed by atoms with E-state index in [4.69, 9.17) is 30.2 Å². The first-order chi connectivity index (χ1) is 16.4. The number of halogens is 1. The van der Waals surface area contributed by atoms with Gasteiger partial charge in [-0.3, -0.25) is 9.59 Å². The Morgan fingerprint density at radius 2 is 1.76 bits per heavy atom. The number of aryl methyl sites for hydroxylation is 1. The van der Waals surface area contributed by atoms with Crippen LogP contribution in [0.15, 0.2) is 69.9 Å². The molecular weight excluding hydrogens is 458 g/mol. The molecule has 3 aromatic carbocycles. The number of nitrogens with one attached hydrogen (secondary N) is 1. The molecule has 0 fully saturated rings. The Labute approximate surface area is 200 Å². The van der Waals surface area contributed by atoms with Crippen LogP contribution < -0.4 is 25.0 Å². The lowest BCUT2D eigenvalue weighted by Crippen LogP contribution is -2.23. The van der Waals surface area contributed by atoms with Crippen LogP contribution in [0.4, 0.5) is 5.69 Å². The van der Waals surface area contributed by atoms with Crippen LogP contribution in [0.2, 0.25) is 5.02 Å². The van der Waals surface area contributed by atoms with Crippen LogP contribution in [0.3, 0.4) is 0 Å². The van der Waals surface area contributed by atoms with Gasteiger partial charge >= 0.3 is 0 Å². The summed E-state index contributed by atoms with van der Waals surface area (Å²) in [6.07, 6.45) is 0. The molecule has 0 aliphatic carbocycles. The van der Waals surface area contributed by atoms with Crippen molar-refractivity contribution in [2.24, 2.45) is 0 Å². The van der Waals surface area contributed by atoms with Crippen LogP contribution in [0, 0.1) is 6.92 Å². The molecule has 1 heterocycles. The maximum Gasteiger partial charge on any atom is 0.262 e. The summed E-state index contributed by atoms with van der Waals surface area (Å²) in [5.41, 5.74) is 1.98. The van der Waals surface area contributed by atoms with Crippen LogP contribution in [-0.4, -0.2) is 26.7 Å². The molecule has 4 aromatic rings. The van der Waals surface area contributed by atoms with E-state index in [1.165, 1.54) is 14.2 Å². The van der Waals surface area contributed by atoms with Crippen molar-refractivity contribution in [2.75, 3.05) is 26.1 Å². The van der Waals surface area contributed by atoms with Crippen molar-refractivity contribution < 1.29 is 23.4 Å². The average Bonchev–Trinajstić information content (AvgIpc) is 2.84. The molecule has 0 spiro atoms. The molecule has 8 heteroatoms. The van der Waals surface area contributed by atoms with Gasteiger partial charge in [0.25, 0.3) is 5.91 Å². The second-order valence-electron chi connectivity index (χ2n) is 7.50. The Morgan fingerprint density at radius 1 is 1.00 bits per heavy atom. The molecule has 34 heavy (non-hydrogen) atoms. The van der Waals surface area contributed by atoms with Gasteiger partial charge in [0.1, 0.15) is 17.1 Å². The lowest BCUT2D eigenvalue weighted by molar-refractivity contribution is -0.118. The fraction of sp³-hybridized carbons (Fsp3) is 0.154. The van der Waals surface area contributed by atoms with Crippen molar-refractivity contribution in [1.82, 2.24) is 0 Å². The van der Waals surface area contributed by atoms with Crippen molar-refractivity contribution in [2.45, 2.75) is 6.92 Å². The molecule has 1 amide bonds. The van der Waals surface area contributed by atoms with E-state index in [2.05, 4.69) is 5.32 Å². The number of hydrogen-bond acceptors (Lipinski definition) is 6. The highest BCUT2D eigenvalue weighted by Crippen LogP contribution is 2.32. The summed E-state index contributed by atoms with van der Waals surface area (Å²) in [7, 11) is 3.03. The van der Waals surface area contributed by atoms with Gasteiger partial charge in [0, 0.05) is 16.7 Å². The molecule has 4 rings (SSSR count). The van der Waals surface area contributed by atoms with E-state index < -0.39 is 12.5 Å². The van der Waals surface area contributed by atoms with E-state index in [-0.39, 0.29) is 16.9 Å². The van der Waals surface area contributed by atoms with Gasteiger partial charge in [0.05, 0.1) is 25.3 Å². The van der Waals surface area contributed by atoms with Crippen molar-refractivity contribution >= 4 is 34.2 Å². The van der Waals surface area contributed by atoms with E-state index in [1.54, 1.807) is 54.6 Å². The van der Waals surface area contributed by atoms with Gasteiger partial charge in [-0.15, -0.1) is 0 Å².